The van der Waals surface area contributed by atoms with E-state index in [1.807, 2.05) is 44.2 Å². The van der Waals surface area contributed by atoms with Crippen molar-refractivity contribution in [2.75, 3.05) is 6.54 Å². The Morgan fingerprint density at radius 2 is 1.91 bits per heavy atom. The first kappa shape index (κ1) is 18.1. The minimum absolute atomic E-state index is 0. The number of hydrogen-bond donors (Lipinski definition) is 2. The average molecular weight is 324 g/mol. The minimum atomic E-state index is -0.381. The van der Waals surface area contributed by atoms with Crippen LogP contribution < -0.4 is 11.1 Å². The molecular weight excluding hydrogens is 302 g/mol. The minimum Gasteiger partial charge on any atom is -0.344 e. The standard InChI is InChI=1S/C15H21N5O.ClH/c1-3-15(4-2,11-16)18-14(21)13-10-17-20(19-13)12-8-6-5-7-9-12;/h5-10H,3-4,11,16H2,1-2H3,(H,18,21);1H. The third kappa shape index (κ3) is 3.84. The number of carbonyl (C=O) groups excluding carboxylic acids is 1. The van der Waals surface area contributed by atoms with E-state index >= 15 is 0 Å². The van der Waals surface area contributed by atoms with E-state index in [2.05, 4.69) is 15.5 Å². The van der Waals surface area contributed by atoms with Crippen LogP contribution in [-0.4, -0.2) is 33.0 Å². The molecule has 2 aromatic rings. The fourth-order valence-corrected chi connectivity index (χ4v) is 2.12. The van der Waals surface area contributed by atoms with E-state index in [4.69, 9.17) is 5.73 Å². The summed E-state index contributed by atoms with van der Waals surface area (Å²) in [5.41, 5.74) is 6.52. The smallest absolute Gasteiger partial charge is 0.273 e. The molecule has 0 fully saturated rings. The number of nitrogens with zero attached hydrogens (tertiary/aromatic N) is 3. The molecule has 1 amide bonds. The van der Waals surface area contributed by atoms with Gasteiger partial charge < -0.3 is 11.1 Å². The summed E-state index contributed by atoms with van der Waals surface area (Å²) in [7, 11) is 0. The van der Waals surface area contributed by atoms with Crippen LogP contribution in [0.25, 0.3) is 5.69 Å². The van der Waals surface area contributed by atoms with Gasteiger partial charge in [-0.3, -0.25) is 4.79 Å². The Kier molecular flexibility index (Phi) is 6.52. The van der Waals surface area contributed by atoms with Gasteiger partial charge in [-0.05, 0) is 25.0 Å². The summed E-state index contributed by atoms with van der Waals surface area (Å²) in [4.78, 5) is 13.7. The van der Waals surface area contributed by atoms with Gasteiger partial charge in [0.1, 0.15) is 0 Å². The van der Waals surface area contributed by atoms with Gasteiger partial charge in [-0.2, -0.15) is 9.90 Å². The van der Waals surface area contributed by atoms with Gasteiger partial charge in [0.15, 0.2) is 5.69 Å². The summed E-state index contributed by atoms with van der Waals surface area (Å²) in [5, 5.41) is 11.3. The second kappa shape index (κ2) is 7.91. The third-order valence-electron chi connectivity index (χ3n) is 3.83. The van der Waals surface area contributed by atoms with Gasteiger partial charge in [0.25, 0.3) is 5.91 Å². The van der Waals surface area contributed by atoms with Gasteiger partial charge in [0.05, 0.1) is 17.4 Å². The summed E-state index contributed by atoms with van der Waals surface area (Å²) in [6.07, 6.45) is 3.02. The summed E-state index contributed by atoms with van der Waals surface area (Å²) in [5.74, 6) is -0.244. The van der Waals surface area contributed by atoms with E-state index in [1.165, 1.54) is 11.0 Å². The zero-order valence-electron chi connectivity index (χ0n) is 12.8. The van der Waals surface area contributed by atoms with Gasteiger partial charge in [0.2, 0.25) is 0 Å². The predicted octanol–water partition coefficient (Wildman–Crippen LogP) is 1.94. The first-order valence-corrected chi connectivity index (χ1v) is 7.14. The van der Waals surface area contributed by atoms with Crippen molar-refractivity contribution in [1.82, 2.24) is 20.3 Å². The number of amides is 1. The number of benzene rings is 1. The Balaban J connectivity index is 0.00000242. The number of nitrogens with two attached hydrogens (primary N) is 1. The Morgan fingerprint density at radius 1 is 1.27 bits per heavy atom. The molecule has 1 heterocycles. The molecule has 22 heavy (non-hydrogen) atoms. The van der Waals surface area contributed by atoms with E-state index < -0.39 is 0 Å². The van der Waals surface area contributed by atoms with Crippen LogP contribution in [0.15, 0.2) is 36.5 Å². The van der Waals surface area contributed by atoms with Gasteiger partial charge in [-0.15, -0.1) is 17.5 Å². The lowest BCUT2D eigenvalue weighted by molar-refractivity contribution is 0.0889. The lowest BCUT2D eigenvalue weighted by Crippen LogP contribution is -2.53. The van der Waals surface area contributed by atoms with Crippen LogP contribution >= 0.6 is 12.4 Å². The van der Waals surface area contributed by atoms with Gasteiger partial charge in [-0.25, -0.2) is 0 Å². The number of hydrogen-bond acceptors (Lipinski definition) is 4. The fraction of sp³-hybridized carbons (Fsp3) is 0.400. The Morgan fingerprint density at radius 3 is 2.45 bits per heavy atom. The maximum atomic E-state index is 12.3. The van der Waals surface area contributed by atoms with Gasteiger partial charge >= 0.3 is 0 Å². The number of para-hydroxylation sites is 1. The highest BCUT2D eigenvalue weighted by Gasteiger charge is 2.27. The van der Waals surface area contributed by atoms with Crippen molar-refractivity contribution in [2.45, 2.75) is 32.2 Å². The molecule has 0 spiro atoms. The molecule has 0 bridgehead atoms. The Hall–Kier alpha value is -1.92. The summed E-state index contributed by atoms with van der Waals surface area (Å²) in [6.45, 7) is 4.42. The van der Waals surface area contributed by atoms with Crippen molar-refractivity contribution in [2.24, 2.45) is 5.73 Å². The molecule has 0 aliphatic rings. The number of halogens is 1. The highest BCUT2D eigenvalue weighted by molar-refractivity contribution is 5.92. The predicted molar refractivity (Wildman–Crippen MR) is 88.4 cm³/mol. The number of aromatic nitrogens is 3. The van der Waals surface area contributed by atoms with Crippen molar-refractivity contribution in [1.29, 1.82) is 0 Å². The number of nitrogens with one attached hydrogen (secondary N) is 1. The normalized spacial score (nSPS) is 10.9. The van der Waals surface area contributed by atoms with Crippen LogP contribution in [0, 0.1) is 0 Å². The maximum absolute atomic E-state index is 12.3. The van der Waals surface area contributed by atoms with Crippen LogP contribution in [-0.2, 0) is 0 Å². The highest BCUT2D eigenvalue weighted by atomic mass is 35.5. The quantitative estimate of drug-likeness (QED) is 0.850. The van der Waals surface area contributed by atoms with Crippen molar-refractivity contribution in [3.05, 3.63) is 42.2 Å². The molecule has 0 atom stereocenters. The molecule has 0 unspecified atom stereocenters. The molecule has 0 saturated carbocycles. The molecule has 2 rings (SSSR count). The van der Waals surface area contributed by atoms with Crippen LogP contribution in [0.1, 0.15) is 37.2 Å². The fourth-order valence-electron chi connectivity index (χ4n) is 2.12. The van der Waals surface area contributed by atoms with Crippen molar-refractivity contribution >= 4 is 18.3 Å². The van der Waals surface area contributed by atoms with Crippen molar-refractivity contribution in [3.63, 3.8) is 0 Å². The van der Waals surface area contributed by atoms with Crippen molar-refractivity contribution < 1.29 is 4.79 Å². The van der Waals surface area contributed by atoms with Crippen LogP contribution in [0.4, 0.5) is 0 Å². The molecule has 1 aromatic heterocycles. The summed E-state index contributed by atoms with van der Waals surface area (Å²) in [6, 6.07) is 9.46. The Labute approximate surface area is 136 Å². The lowest BCUT2D eigenvalue weighted by Gasteiger charge is -2.30. The zero-order valence-corrected chi connectivity index (χ0v) is 13.6. The largest absolute Gasteiger partial charge is 0.344 e. The summed E-state index contributed by atoms with van der Waals surface area (Å²) >= 11 is 0. The van der Waals surface area contributed by atoms with Gasteiger partial charge in [0, 0.05) is 6.54 Å². The van der Waals surface area contributed by atoms with Gasteiger partial charge in [-0.1, -0.05) is 32.0 Å². The topological polar surface area (TPSA) is 85.8 Å². The molecule has 0 radical (unpaired) electrons. The maximum Gasteiger partial charge on any atom is 0.273 e. The number of rotatable bonds is 6. The van der Waals surface area contributed by atoms with E-state index in [0.29, 0.717) is 12.2 Å². The van der Waals surface area contributed by atoms with Crippen LogP contribution in [0.3, 0.4) is 0 Å². The summed E-state index contributed by atoms with van der Waals surface area (Å²) < 4.78 is 0. The first-order chi connectivity index (χ1) is 10.1. The second-order valence-corrected chi connectivity index (χ2v) is 5.00. The number of carbonyl (C=O) groups is 1. The van der Waals surface area contributed by atoms with E-state index in [1.54, 1.807) is 0 Å². The molecule has 0 aliphatic heterocycles. The van der Waals surface area contributed by atoms with E-state index in [9.17, 15) is 4.79 Å². The molecule has 0 aliphatic carbocycles. The lowest BCUT2D eigenvalue weighted by atomic mass is 9.93. The molecule has 7 heteroatoms. The van der Waals surface area contributed by atoms with Crippen LogP contribution in [0.2, 0.25) is 0 Å². The monoisotopic (exact) mass is 323 g/mol. The molecule has 0 saturated heterocycles. The zero-order chi connectivity index (χ0) is 15.3. The first-order valence-electron chi connectivity index (χ1n) is 7.14. The third-order valence-corrected chi connectivity index (χ3v) is 3.83. The Bertz CT molecular complexity index is 587. The van der Waals surface area contributed by atoms with E-state index in [0.717, 1.165) is 18.5 Å². The van der Waals surface area contributed by atoms with Crippen molar-refractivity contribution in [3.8, 4) is 5.69 Å². The second-order valence-electron chi connectivity index (χ2n) is 5.00. The molecular formula is C15H22ClN5O. The SMILES string of the molecule is CCC(CC)(CN)NC(=O)c1cnn(-c2ccccc2)n1.Cl. The highest BCUT2D eigenvalue weighted by Crippen LogP contribution is 2.14. The van der Waals surface area contributed by atoms with E-state index in [-0.39, 0.29) is 23.9 Å². The molecule has 6 nitrogen and oxygen atoms in total. The molecule has 1 aromatic carbocycles. The average Bonchev–Trinajstić information content (AvgIpc) is 3.04. The van der Waals surface area contributed by atoms with Crippen LogP contribution in [0.5, 0.6) is 0 Å². The molecule has 120 valence electrons. The molecule has 3 N–H and O–H groups in total.